The third-order valence-corrected chi connectivity index (χ3v) is 3.53. The van der Waals surface area contributed by atoms with Crippen LogP contribution in [0, 0.1) is 0 Å². The van der Waals surface area contributed by atoms with Crippen molar-refractivity contribution in [1.29, 1.82) is 0 Å². The zero-order valence-electron chi connectivity index (χ0n) is 12.8. The zero-order valence-corrected chi connectivity index (χ0v) is 12.8. The minimum absolute atomic E-state index is 0.0397. The fraction of sp³-hybridized carbons (Fsp3) is 0.647. The Morgan fingerprint density at radius 1 is 1.00 bits per heavy atom. The Bertz CT molecular complexity index is 376. The molecule has 0 fully saturated rings. The Morgan fingerprint density at radius 2 is 1.75 bits per heavy atom. The second kappa shape index (κ2) is 9.65. The van der Waals surface area contributed by atoms with Crippen LogP contribution in [-0.2, 0) is 4.74 Å². The van der Waals surface area contributed by atoms with Gasteiger partial charge in [-0.3, -0.25) is 0 Å². The first-order valence-electron chi connectivity index (χ1n) is 7.83. The molecule has 0 aliphatic heterocycles. The summed E-state index contributed by atoms with van der Waals surface area (Å²) in [5.41, 5.74) is 0.703. The predicted octanol–water partition coefficient (Wildman–Crippen LogP) is 4.93. The van der Waals surface area contributed by atoms with Crippen molar-refractivity contribution in [1.82, 2.24) is 0 Å². The number of aromatic hydroxyl groups is 2. The van der Waals surface area contributed by atoms with Gasteiger partial charge in [0.15, 0.2) is 11.5 Å². The normalized spacial score (nSPS) is 12.5. The van der Waals surface area contributed by atoms with E-state index in [2.05, 4.69) is 13.8 Å². The number of phenolic OH excluding ortho intramolecular Hbond substituents is 2. The molecule has 0 radical (unpaired) electrons. The Morgan fingerprint density at radius 3 is 2.45 bits per heavy atom. The summed E-state index contributed by atoms with van der Waals surface area (Å²) in [5.74, 6) is -0.110. The molecule has 0 heterocycles. The van der Waals surface area contributed by atoms with Gasteiger partial charge >= 0.3 is 0 Å². The van der Waals surface area contributed by atoms with Crippen LogP contribution in [0.2, 0.25) is 0 Å². The van der Waals surface area contributed by atoms with Crippen molar-refractivity contribution in [3.8, 4) is 11.5 Å². The lowest BCUT2D eigenvalue weighted by atomic mass is 10.0. The maximum absolute atomic E-state index is 9.98. The molecule has 0 aliphatic rings. The number of hydrogen-bond donors (Lipinski definition) is 2. The highest BCUT2D eigenvalue weighted by molar-refractivity contribution is 5.45. The van der Waals surface area contributed by atoms with E-state index in [1.807, 2.05) is 6.07 Å². The Balaban J connectivity index is 2.61. The summed E-state index contributed by atoms with van der Waals surface area (Å²) in [6, 6.07) is 5.09. The Kier molecular flexibility index (Phi) is 8.12. The maximum atomic E-state index is 9.98. The fourth-order valence-corrected chi connectivity index (χ4v) is 2.28. The number of unbranched alkanes of at least 4 members (excludes halogenated alkanes) is 4. The molecule has 1 atom stereocenters. The lowest BCUT2D eigenvalue weighted by Crippen LogP contribution is -2.06. The van der Waals surface area contributed by atoms with E-state index < -0.39 is 0 Å². The van der Waals surface area contributed by atoms with Crippen molar-refractivity contribution in [2.75, 3.05) is 6.61 Å². The van der Waals surface area contributed by atoms with Crippen LogP contribution in [0.1, 0.15) is 70.5 Å². The molecular formula is C17H28O3. The number of benzene rings is 1. The number of phenols is 2. The van der Waals surface area contributed by atoms with Gasteiger partial charge < -0.3 is 14.9 Å². The molecule has 3 nitrogen and oxygen atoms in total. The lowest BCUT2D eigenvalue weighted by molar-refractivity contribution is 0.0407. The molecule has 0 saturated carbocycles. The lowest BCUT2D eigenvalue weighted by Gasteiger charge is -2.19. The van der Waals surface area contributed by atoms with Crippen molar-refractivity contribution < 1.29 is 14.9 Å². The highest BCUT2D eigenvalue weighted by Crippen LogP contribution is 2.36. The molecule has 0 saturated heterocycles. The largest absolute Gasteiger partial charge is 0.504 e. The van der Waals surface area contributed by atoms with Crippen molar-refractivity contribution in [2.24, 2.45) is 0 Å². The summed E-state index contributed by atoms with van der Waals surface area (Å²) >= 11 is 0. The van der Waals surface area contributed by atoms with Crippen LogP contribution in [0.15, 0.2) is 18.2 Å². The minimum atomic E-state index is -0.122. The van der Waals surface area contributed by atoms with Crippen molar-refractivity contribution in [3.05, 3.63) is 23.8 Å². The highest BCUT2D eigenvalue weighted by Gasteiger charge is 2.17. The van der Waals surface area contributed by atoms with Crippen LogP contribution in [0.4, 0.5) is 0 Å². The quantitative estimate of drug-likeness (QED) is 0.472. The highest BCUT2D eigenvalue weighted by atomic mass is 16.5. The van der Waals surface area contributed by atoms with Crippen LogP contribution < -0.4 is 0 Å². The van der Waals surface area contributed by atoms with E-state index in [-0.39, 0.29) is 17.6 Å². The molecule has 0 amide bonds. The van der Waals surface area contributed by atoms with Gasteiger partial charge in [0.1, 0.15) is 0 Å². The minimum Gasteiger partial charge on any atom is -0.504 e. The summed E-state index contributed by atoms with van der Waals surface area (Å²) in [7, 11) is 0. The topological polar surface area (TPSA) is 49.7 Å². The first kappa shape index (κ1) is 16.8. The molecule has 114 valence electrons. The van der Waals surface area contributed by atoms with E-state index in [0.717, 1.165) is 25.7 Å². The van der Waals surface area contributed by atoms with E-state index in [1.54, 1.807) is 6.07 Å². The predicted molar refractivity (Wildman–Crippen MR) is 82.1 cm³/mol. The van der Waals surface area contributed by atoms with E-state index in [4.69, 9.17) is 4.74 Å². The van der Waals surface area contributed by atoms with Gasteiger partial charge in [0.25, 0.3) is 0 Å². The van der Waals surface area contributed by atoms with Crippen molar-refractivity contribution >= 4 is 0 Å². The van der Waals surface area contributed by atoms with Gasteiger partial charge in [-0.15, -0.1) is 0 Å². The molecule has 3 heteroatoms. The third kappa shape index (κ3) is 5.41. The second-order valence-electron chi connectivity index (χ2n) is 5.28. The average Bonchev–Trinajstić information content (AvgIpc) is 2.45. The van der Waals surface area contributed by atoms with Gasteiger partial charge in [-0.05, 0) is 18.9 Å². The summed E-state index contributed by atoms with van der Waals surface area (Å²) < 4.78 is 5.94. The number of rotatable bonds is 10. The van der Waals surface area contributed by atoms with Gasteiger partial charge in [0, 0.05) is 12.2 Å². The first-order valence-corrected chi connectivity index (χ1v) is 7.83. The molecule has 20 heavy (non-hydrogen) atoms. The number of hydrogen-bond acceptors (Lipinski definition) is 3. The summed E-state index contributed by atoms with van der Waals surface area (Å²) in [4.78, 5) is 0. The van der Waals surface area contributed by atoms with Crippen LogP contribution >= 0.6 is 0 Å². The Hall–Kier alpha value is -1.22. The van der Waals surface area contributed by atoms with E-state index >= 15 is 0 Å². The summed E-state index contributed by atoms with van der Waals surface area (Å²) in [5, 5.41) is 19.6. The zero-order chi connectivity index (χ0) is 14.8. The Labute approximate surface area is 122 Å². The van der Waals surface area contributed by atoms with Crippen LogP contribution in [0.3, 0.4) is 0 Å². The van der Waals surface area contributed by atoms with Crippen LogP contribution in [-0.4, -0.2) is 16.8 Å². The molecule has 1 aromatic carbocycles. The van der Waals surface area contributed by atoms with Gasteiger partial charge in [-0.1, -0.05) is 58.1 Å². The molecule has 0 bridgehead atoms. The fourth-order valence-electron chi connectivity index (χ4n) is 2.28. The van der Waals surface area contributed by atoms with Crippen molar-refractivity contribution in [2.45, 2.75) is 64.9 Å². The molecule has 0 aliphatic carbocycles. The molecule has 1 rings (SSSR count). The summed E-state index contributed by atoms with van der Waals surface area (Å²) in [6.07, 6.45) is 7.58. The molecule has 1 aromatic rings. The van der Waals surface area contributed by atoms with Gasteiger partial charge in [0.2, 0.25) is 0 Å². The second-order valence-corrected chi connectivity index (χ2v) is 5.28. The smallest absolute Gasteiger partial charge is 0.163 e. The molecule has 0 aromatic heterocycles. The van der Waals surface area contributed by atoms with E-state index in [9.17, 15) is 10.2 Å². The average molecular weight is 280 g/mol. The molecule has 0 spiro atoms. The molecule has 1 unspecified atom stereocenters. The van der Waals surface area contributed by atoms with Crippen molar-refractivity contribution in [3.63, 3.8) is 0 Å². The third-order valence-electron chi connectivity index (χ3n) is 3.53. The number of ether oxygens (including phenoxy) is 1. The molecular weight excluding hydrogens is 252 g/mol. The van der Waals surface area contributed by atoms with Crippen LogP contribution in [0.25, 0.3) is 0 Å². The van der Waals surface area contributed by atoms with Crippen LogP contribution in [0.5, 0.6) is 11.5 Å². The number of para-hydroxylation sites is 1. The monoisotopic (exact) mass is 280 g/mol. The standard InChI is InChI=1S/C17H28O3/c1-3-5-7-8-13-20-16(12-6-4-2)14-10-9-11-15(18)17(14)19/h9-11,16,18-19H,3-8,12-13H2,1-2H3. The molecule has 2 N–H and O–H groups in total. The van der Waals surface area contributed by atoms with Gasteiger partial charge in [0.05, 0.1) is 6.10 Å². The van der Waals surface area contributed by atoms with E-state index in [1.165, 1.54) is 25.3 Å². The SMILES string of the molecule is CCCCCCOC(CCCC)c1cccc(O)c1O. The van der Waals surface area contributed by atoms with Gasteiger partial charge in [-0.2, -0.15) is 0 Å². The maximum Gasteiger partial charge on any atom is 0.163 e. The van der Waals surface area contributed by atoms with E-state index in [0.29, 0.717) is 12.2 Å². The summed E-state index contributed by atoms with van der Waals surface area (Å²) in [6.45, 7) is 5.04. The first-order chi connectivity index (χ1) is 9.70. The van der Waals surface area contributed by atoms with Gasteiger partial charge in [-0.25, -0.2) is 0 Å².